The van der Waals surface area contributed by atoms with Crippen LogP contribution in [0.5, 0.6) is 11.5 Å². The summed E-state index contributed by atoms with van der Waals surface area (Å²) < 4.78 is 11.1. The Kier molecular flexibility index (Phi) is 8.27. The first-order valence-electron chi connectivity index (χ1n) is 10.5. The quantitative estimate of drug-likeness (QED) is 0.418. The molecule has 4 heteroatoms. The van der Waals surface area contributed by atoms with Crippen LogP contribution in [0.25, 0.3) is 0 Å². The molecule has 0 unspecified atom stereocenters. The van der Waals surface area contributed by atoms with Crippen LogP contribution in [-0.4, -0.2) is 20.3 Å². The Morgan fingerprint density at radius 1 is 0.742 bits per heavy atom. The van der Waals surface area contributed by atoms with Crippen molar-refractivity contribution in [3.05, 3.63) is 108 Å². The van der Waals surface area contributed by atoms with E-state index < -0.39 is 0 Å². The van der Waals surface area contributed by atoms with Gasteiger partial charge >= 0.3 is 0 Å². The molecule has 0 aliphatic carbocycles. The monoisotopic (exact) mass is 416 g/mol. The Morgan fingerprint density at radius 2 is 1.23 bits per heavy atom. The van der Waals surface area contributed by atoms with Gasteiger partial charge in [-0.05, 0) is 24.6 Å². The van der Waals surface area contributed by atoms with Crippen molar-refractivity contribution >= 4 is 0 Å². The Hall–Kier alpha value is -3.08. The van der Waals surface area contributed by atoms with Crippen molar-refractivity contribution in [2.75, 3.05) is 14.2 Å². The molecule has 0 aliphatic rings. The van der Waals surface area contributed by atoms with Gasteiger partial charge in [-0.25, -0.2) is 0 Å². The van der Waals surface area contributed by atoms with E-state index >= 15 is 0 Å². The molecule has 31 heavy (non-hydrogen) atoms. The summed E-state index contributed by atoms with van der Waals surface area (Å²) in [6.07, 6.45) is 0. The number of methoxy groups -OCH3 is 2. The van der Waals surface area contributed by atoms with Crippen LogP contribution in [0.4, 0.5) is 0 Å². The highest BCUT2D eigenvalue weighted by Gasteiger charge is 2.24. The lowest BCUT2D eigenvalue weighted by Gasteiger charge is -2.31. The smallest absolute Gasteiger partial charge is 0.123 e. The predicted molar refractivity (Wildman–Crippen MR) is 127 cm³/mol. The van der Waals surface area contributed by atoms with Gasteiger partial charge in [0.2, 0.25) is 0 Å². The molecule has 0 heterocycles. The van der Waals surface area contributed by atoms with Crippen molar-refractivity contribution in [3.63, 3.8) is 0 Å². The molecule has 0 spiro atoms. The molecular weight excluding hydrogens is 384 g/mol. The van der Waals surface area contributed by atoms with Crippen LogP contribution in [-0.2, 0) is 13.1 Å². The number of ether oxygens (including phenoxy) is 2. The number of benzene rings is 3. The Balaban J connectivity index is 1.84. The summed E-state index contributed by atoms with van der Waals surface area (Å²) in [6, 6.07) is 26.8. The van der Waals surface area contributed by atoms with Gasteiger partial charge in [0.05, 0.1) is 20.3 Å². The topological polar surface area (TPSA) is 42.5 Å². The number of para-hydroxylation sites is 2. The van der Waals surface area contributed by atoms with E-state index in [1.165, 1.54) is 5.56 Å². The van der Waals surface area contributed by atoms with E-state index in [9.17, 15) is 0 Å². The van der Waals surface area contributed by atoms with Crippen LogP contribution in [0, 0.1) is 0 Å². The fourth-order valence-corrected chi connectivity index (χ4v) is 3.80. The Bertz CT molecular complexity index is 972. The molecule has 3 aromatic rings. The van der Waals surface area contributed by atoms with E-state index in [0.29, 0.717) is 13.1 Å². The molecule has 0 amide bonds. The number of hydrogen-bond acceptors (Lipinski definition) is 4. The minimum Gasteiger partial charge on any atom is -0.496 e. The van der Waals surface area contributed by atoms with Crippen molar-refractivity contribution in [2.45, 2.75) is 32.1 Å². The highest BCUT2D eigenvalue weighted by Crippen LogP contribution is 2.25. The minimum atomic E-state index is 0.0296. The molecule has 0 aliphatic heterocycles. The third kappa shape index (κ3) is 5.97. The van der Waals surface area contributed by atoms with Crippen molar-refractivity contribution < 1.29 is 9.47 Å². The van der Waals surface area contributed by atoms with Gasteiger partial charge in [0.25, 0.3) is 0 Å². The zero-order chi connectivity index (χ0) is 22.1. The third-order valence-corrected chi connectivity index (χ3v) is 5.43. The lowest BCUT2D eigenvalue weighted by molar-refractivity contribution is 0.383. The van der Waals surface area contributed by atoms with Gasteiger partial charge in [-0.2, -0.15) is 0 Å². The summed E-state index contributed by atoms with van der Waals surface area (Å²) in [5.41, 5.74) is 4.51. The molecule has 0 saturated carbocycles. The van der Waals surface area contributed by atoms with Crippen LogP contribution in [0.15, 0.2) is 91.0 Å². The van der Waals surface area contributed by atoms with E-state index in [1.54, 1.807) is 14.2 Å². The van der Waals surface area contributed by atoms with Gasteiger partial charge in [0.1, 0.15) is 11.5 Å². The largest absolute Gasteiger partial charge is 0.496 e. The summed E-state index contributed by atoms with van der Waals surface area (Å²) in [5.74, 6) is 1.77. The van der Waals surface area contributed by atoms with Crippen LogP contribution < -0.4 is 20.1 Å². The maximum absolute atomic E-state index is 5.54. The van der Waals surface area contributed by atoms with Crippen LogP contribution >= 0.6 is 0 Å². The SMILES string of the molecule is C=C(C)[C@H](NCc1ccccc1OC)[C@@H](NCc1ccccc1OC)c1ccccc1. The molecule has 2 N–H and O–H groups in total. The van der Waals surface area contributed by atoms with Gasteiger partial charge in [-0.15, -0.1) is 0 Å². The van der Waals surface area contributed by atoms with Crippen LogP contribution in [0.1, 0.15) is 29.7 Å². The van der Waals surface area contributed by atoms with E-state index in [4.69, 9.17) is 9.47 Å². The lowest BCUT2D eigenvalue weighted by Crippen LogP contribution is -2.42. The first-order valence-corrected chi connectivity index (χ1v) is 10.5. The van der Waals surface area contributed by atoms with Gasteiger partial charge < -0.3 is 20.1 Å². The van der Waals surface area contributed by atoms with Crippen LogP contribution in [0.2, 0.25) is 0 Å². The maximum Gasteiger partial charge on any atom is 0.123 e. The molecule has 0 fully saturated rings. The normalized spacial score (nSPS) is 12.7. The molecule has 2 atom stereocenters. The van der Waals surface area contributed by atoms with E-state index in [2.05, 4.69) is 60.5 Å². The molecule has 3 aromatic carbocycles. The van der Waals surface area contributed by atoms with Gasteiger partial charge in [-0.1, -0.05) is 78.9 Å². The fourth-order valence-electron chi connectivity index (χ4n) is 3.80. The fraction of sp³-hybridized carbons (Fsp3) is 0.259. The molecular formula is C27H32N2O2. The molecule has 4 nitrogen and oxygen atoms in total. The standard InChI is InChI=1S/C27H32N2O2/c1-20(2)26(28-18-22-14-8-10-16-24(22)30-3)27(21-12-6-5-7-13-21)29-19-23-15-9-11-17-25(23)31-4/h5-17,26-29H,1,18-19H2,2-4H3/t26-,27-/m0/s1. The van der Waals surface area contributed by atoms with Gasteiger partial charge in [0, 0.05) is 30.3 Å². The van der Waals surface area contributed by atoms with E-state index in [1.807, 2.05) is 42.5 Å². The van der Waals surface area contributed by atoms with Crippen molar-refractivity contribution in [1.29, 1.82) is 0 Å². The second-order valence-corrected chi connectivity index (χ2v) is 7.60. The summed E-state index contributed by atoms with van der Waals surface area (Å²) >= 11 is 0. The van der Waals surface area contributed by atoms with Gasteiger partial charge in [-0.3, -0.25) is 0 Å². The number of nitrogens with one attached hydrogen (secondary N) is 2. The summed E-state index contributed by atoms with van der Waals surface area (Å²) in [5, 5.41) is 7.44. The molecule has 3 rings (SSSR count). The lowest BCUT2D eigenvalue weighted by atomic mass is 9.94. The Labute approximate surface area is 185 Å². The summed E-state index contributed by atoms with van der Waals surface area (Å²) in [7, 11) is 3.41. The van der Waals surface area contributed by atoms with Gasteiger partial charge in [0.15, 0.2) is 0 Å². The zero-order valence-corrected chi connectivity index (χ0v) is 18.6. The van der Waals surface area contributed by atoms with Crippen molar-refractivity contribution in [1.82, 2.24) is 10.6 Å². The summed E-state index contributed by atoms with van der Waals surface area (Å²) in [6.45, 7) is 7.72. The molecule has 0 radical (unpaired) electrons. The Morgan fingerprint density at radius 3 is 1.74 bits per heavy atom. The highest BCUT2D eigenvalue weighted by molar-refractivity contribution is 5.35. The maximum atomic E-state index is 5.54. The molecule has 0 bridgehead atoms. The first kappa shape index (κ1) is 22.6. The third-order valence-electron chi connectivity index (χ3n) is 5.43. The predicted octanol–water partition coefficient (Wildman–Crippen LogP) is 5.27. The second-order valence-electron chi connectivity index (χ2n) is 7.60. The average Bonchev–Trinajstić information content (AvgIpc) is 2.81. The average molecular weight is 417 g/mol. The van der Waals surface area contributed by atoms with Crippen molar-refractivity contribution in [2.24, 2.45) is 0 Å². The second kappa shape index (κ2) is 11.3. The number of rotatable bonds is 11. The first-order chi connectivity index (χ1) is 15.1. The zero-order valence-electron chi connectivity index (χ0n) is 18.6. The summed E-state index contributed by atoms with van der Waals surface area (Å²) in [4.78, 5) is 0. The van der Waals surface area contributed by atoms with E-state index in [0.717, 1.165) is 28.2 Å². The highest BCUT2D eigenvalue weighted by atomic mass is 16.5. The molecule has 162 valence electrons. The van der Waals surface area contributed by atoms with Crippen molar-refractivity contribution in [3.8, 4) is 11.5 Å². The number of hydrogen-bond donors (Lipinski definition) is 2. The van der Waals surface area contributed by atoms with E-state index in [-0.39, 0.29) is 12.1 Å². The minimum absolute atomic E-state index is 0.0296. The van der Waals surface area contributed by atoms with Crippen LogP contribution in [0.3, 0.4) is 0 Å². The molecule has 0 aromatic heterocycles. The molecule has 0 saturated heterocycles.